The zero-order valence-electron chi connectivity index (χ0n) is 2.19. The third-order valence-corrected chi connectivity index (χ3v) is 0. The first-order valence-electron chi connectivity index (χ1n) is 0.321. The van der Waals surface area contributed by atoms with Gasteiger partial charge in [-0.25, -0.2) is 0 Å². The van der Waals surface area contributed by atoms with Crippen molar-refractivity contribution in [3.05, 3.63) is 0 Å². The number of rotatable bonds is 0. The van der Waals surface area contributed by atoms with Crippen LogP contribution in [0.2, 0.25) is 0 Å². The van der Waals surface area contributed by atoms with Gasteiger partial charge in [0.15, 0.2) is 0 Å². The Bertz CT molecular complexity index is 8.00. The van der Waals surface area contributed by atoms with E-state index in [1.165, 1.54) is 0 Å². The monoisotopic (exact) mass is 74.0 g/mol. The second-order valence-corrected chi connectivity index (χ2v) is 0.189. The summed E-state index contributed by atoms with van der Waals surface area (Å²) in [4.78, 5) is 0. The first-order chi connectivity index (χ1) is 1.41. The van der Waals surface area contributed by atoms with Crippen LogP contribution in [-0.4, -0.2) is 0 Å². The minimum absolute atomic E-state index is 0. The largest absolute Gasteiger partial charge is 1.00 e. The summed E-state index contributed by atoms with van der Waals surface area (Å²) in [6, 6.07) is 0. The Kier molecular flexibility index (Phi) is 20.2. The van der Waals surface area contributed by atoms with Crippen LogP contribution in [-0.2, 0) is 17.3 Å². The van der Waals surface area contributed by atoms with Gasteiger partial charge in [0.05, 0.1) is 0 Å². The van der Waals surface area contributed by atoms with Gasteiger partial charge >= 0.3 is 18.9 Å². The van der Waals surface area contributed by atoms with E-state index in [-0.39, 0.29) is 18.9 Å². The van der Waals surface area contributed by atoms with E-state index in [1.54, 1.807) is 0 Å². The van der Waals surface area contributed by atoms with Gasteiger partial charge in [0, 0.05) is 0 Å². The van der Waals surface area contributed by atoms with Crippen molar-refractivity contribution in [3.8, 4) is 0 Å². The fourth-order valence-corrected chi connectivity index (χ4v) is 0. The molecule has 0 unspecified atom stereocenters. The van der Waals surface area contributed by atoms with Crippen LogP contribution >= 0.6 is 0 Å². The molecule has 0 fully saturated rings. The maximum Gasteiger partial charge on any atom is 1.00 e. The van der Waals surface area contributed by atoms with Gasteiger partial charge in [-0.05, 0) is 0 Å². The van der Waals surface area contributed by atoms with Gasteiger partial charge in [0.2, 0.25) is 0 Å². The van der Waals surface area contributed by atoms with Crippen molar-refractivity contribution in [2.45, 2.75) is 0 Å². The zero-order chi connectivity index (χ0) is 2.71. The maximum atomic E-state index is 9.61. The molecule has 0 bridgehead atoms. The van der Waals surface area contributed by atoms with Crippen LogP contribution in [0.5, 0.6) is 0 Å². The molecule has 0 heterocycles. The summed E-state index contributed by atoms with van der Waals surface area (Å²) < 4.78 is 11.9. The Morgan fingerprint density at radius 1 is 1.75 bits per heavy atom. The predicted molar refractivity (Wildman–Crippen MR) is 9.56 cm³/mol. The molecule has 0 atom stereocenters. The van der Waals surface area contributed by atoms with Gasteiger partial charge < -0.3 is 17.3 Å². The van der Waals surface area contributed by atoms with Crippen molar-refractivity contribution in [1.82, 2.24) is 0 Å². The fraction of sp³-hybridized carbons (Fsp3) is 0. The molecular weight excluding hydrogens is 74.0 g/mol. The SMILES string of the molecule is FO[S-].[Li+]. The zero-order valence-corrected chi connectivity index (χ0v) is 3.01. The van der Waals surface area contributed by atoms with E-state index in [0.717, 1.165) is 0 Å². The molecular formula is FLiOS. The van der Waals surface area contributed by atoms with E-state index < -0.39 is 0 Å². The molecule has 0 saturated carbocycles. The minimum Gasteiger partial charge on any atom is -0.576 e. The molecule has 0 aromatic carbocycles. The van der Waals surface area contributed by atoms with Crippen LogP contribution in [0.3, 0.4) is 0 Å². The van der Waals surface area contributed by atoms with Crippen molar-refractivity contribution in [2.24, 2.45) is 0 Å². The predicted octanol–water partition coefficient (Wildman–Crippen LogP) is -2.65. The van der Waals surface area contributed by atoms with Crippen LogP contribution in [0.25, 0.3) is 0 Å². The molecule has 0 aromatic heterocycles. The topological polar surface area (TPSA) is 9.23 Å². The van der Waals surface area contributed by atoms with Crippen molar-refractivity contribution < 1.29 is 27.8 Å². The molecule has 0 aliphatic carbocycles. The summed E-state index contributed by atoms with van der Waals surface area (Å²) in [5.41, 5.74) is 0. The van der Waals surface area contributed by atoms with Crippen LogP contribution in [0.15, 0.2) is 0 Å². The molecule has 0 aliphatic rings. The Morgan fingerprint density at radius 2 is 1.75 bits per heavy atom. The third kappa shape index (κ3) is 13.7. The third-order valence-electron chi connectivity index (χ3n) is 0. The van der Waals surface area contributed by atoms with E-state index in [4.69, 9.17) is 0 Å². The smallest absolute Gasteiger partial charge is 0.576 e. The quantitative estimate of drug-likeness (QED) is 0.229. The van der Waals surface area contributed by atoms with E-state index in [2.05, 4.69) is 17.3 Å². The first-order valence-corrected chi connectivity index (χ1v) is 0.654. The second kappa shape index (κ2) is 9.15. The standard InChI is InChI=1S/FHOS.Li/c1-2-3;/h3H;/q;+1/p-1. The Morgan fingerprint density at radius 3 is 1.75 bits per heavy atom. The van der Waals surface area contributed by atoms with Gasteiger partial charge in [-0.3, -0.25) is 0 Å². The second-order valence-electron chi connectivity index (χ2n) is 0.0630. The minimum atomic E-state index is 0. The average molecular weight is 74.0 g/mol. The van der Waals surface area contributed by atoms with Crippen molar-refractivity contribution >= 4 is 12.9 Å². The van der Waals surface area contributed by atoms with Gasteiger partial charge in [-0.1, -0.05) is 4.53 Å². The van der Waals surface area contributed by atoms with E-state index in [0.29, 0.717) is 0 Å². The van der Waals surface area contributed by atoms with Crippen molar-refractivity contribution in [2.75, 3.05) is 0 Å². The van der Waals surface area contributed by atoms with E-state index in [9.17, 15) is 4.53 Å². The number of hydrogen-bond acceptors (Lipinski definition) is 2. The van der Waals surface area contributed by atoms with Crippen molar-refractivity contribution in [1.29, 1.82) is 0 Å². The molecule has 0 amide bonds. The summed E-state index contributed by atoms with van der Waals surface area (Å²) in [5, 5.41) is 0. The molecule has 0 N–H and O–H groups in total. The van der Waals surface area contributed by atoms with Gasteiger partial charge in [0.25, 0.3) is 0 Å². The normalized spacial score (nSPS) is 4.50. The van der Waals surface area contributed by atoms with Crippen LogP contribution in [0.4, 0.5) is 4.53 Å². The Labute approximate surface area is 41.2 Å². The molecule has 0 aromatic rings. The van der Waals surface area contributed by atoms with Crippen molar-refractivity contribution in [3.63, 3.8) is 0 Å². The van der Waals surface area contributed by atoms with E-state index in [1.807, 2.05) is 0 Å². The first kappa shape index (κ1) is 8.85. The fourth-order valence-electron chi connectivity index (χ4n) is 0. The number of hydrogen-bond donors (Lipinski definition) is 0. The molecule has 4 heavy (non-hydrogen) atoms. The number of halogens is 1. The maximum absolute atomic E-state index is 9.61. The summed E-state index contributed by atoms with van der Waals surface area (Å²) in [7, 11) is 0. The average Bonchev–Trinajstić information content (AvgIpc) is 0.918. The molecule has 0 saturated heterocycles. The Balaban J connectivity index is 0. The molecule has 0 rings (SSSR count). The van der Waals surface area contributed by atoms with Gasteiger partial charge in [-0.15, -0.1) is 0 Å². The summed E-state index contributed by atoms with van der Waals surface area (Å²) >= 11 is 3.23. The summed E-state index contributed by atoms with van der Waals surface area (Å²) in [6.45, 7) is 0. The molecule has 1 nitrogen and oxygen atoms in total. The Hall–Kier alpha value is 0.837. The summed E-state index contributed by atoms with van der Waals surface area (Å²) in [5.74, 6) is 0. The van der Waals surface area contributed by atoms with E-state index >= 15 is 0 Å². The molecule has 4 heteroatoms. The molecule has 20 valence electrons. The molecule has 0 spiro atoms. The van der Waals surface area contributed by atoms with Crippen LogP contribution in [0, 0.1) is 0 Å². The van der Waals surface area contributed by atoms with Crippen LogP contribution < -0.4 is 18.9 Å². The van der Waals surface area contributed by atoms with Gasteiger partial charge in [-0.2, -0.15) is 0 Å². The molecule has 0 radical (unpaired) electrons. The van der Waals surface area contributed by atoms with Gasteiger partial charge in [0.1, 0.15) is 0 Å². The summed E-state index contributed by atoms with van der Waals surface area (Å²) in [6.07, 6.45) is 0. The molecule has 0 aliphatic heterocycles. The van der Waals surface area contributed by atoms with Crippen LogP contribution in [0.1, 0.15) is 0 Å².